The lowest BCUT2D eigenvalue weighted by atomic mass is 9.90. The van der Waals surface area contributed by atoms with E-state index in [2.05, 4.69) is 11.4 Å². The Morgan fingerprint density at radius 1 is 0.618 bits per heavy atom. The second-order valence-corrected chi connectivity index (χ2v) is 24.9. The van der Waals surface area contributed by atoms with Crippen molar-refractivity contribution in [1.29, 1.82) is 5.26 Å². The van der Waals surface area contributed by atoms with Gasteiger partial charge in [-0.25, -0.2) is 0 Å². The SMILES string of the molecule is CC1(N)CCN(S(=O)(=O)OC[C@H]2O[C@@H]3OC(C)(C)O[C@@H]3[C@H]3OC(C)(C)O[C@H]32)CC1.CC1(NCC(=O)N2CCC[C@H]2C#N)CCN(S(=O)(=O)OC[C@H]2O[C@@H]3OC(C)(C)O[C@@H]3[C@H]3OC(C)(C)O[C@H]32)CC1. The average Bonchev–Trinajstić information content (AvgIpc) is 4.05. The summed E-state index contributed by atoms with van der Waals surface area (Å²) >= 11 is 0. The van der Waals surface area contributed by atoms with Crippen LogP contribution in [0.2, 0.25) is 0 Å². The third-order valence-corrected chi connectivity index (χ3v) is 16.8. The van der Waals surface area contributed by atoms with Gasteiger partial charge in [-0.1, -0.05) is 0 Å². The second-order valence-electron chi connectivity index (χ2n) is 21.6. The highest BCUT2D eigenvalue weighted by molar-refractivity contribution is 7.84. The number of fused-ring (bicyclic) bond motifs is 6. The Bertz CT molecular complexity index is 2100. The molecule has 3 N–H and O–H groups in total. The zero-order valence-electron chi connectivity index (χ0n) is 40.9. The number of carbonyl (C=O) groups is 1. The standard InChI is InChI=1S/C25H40N4O9S.C18H32N2O8S/c1-23(2)35-19-17(34-22-21(20(19)36-23)37-24(3,4)38-22)15-33-39(31,32)28-11-8-25(5,9-12-28)27-14-18(30)29-10-6-7-16(29)13-26;1-16(2)25-12-11(24-15-14(13(12)26-16)27-17(3,4)28-15)10-23-29(21,22)20-8-6-18(5,19)7-9-20/h16-17,19-22,27H,6-12,14-15H2,1-5H3;11-15H,6-10,19H2,1-5H3/t16-,17+,19-,20-,21+,22+;11-,12+,13+,14-,15-/m01/s1. The van der Waals surface area contributed by atoms with E-state index in [0.29, 0.717) is 51.7 Å². The van der Waals surface area contributed by atoms with E-state index in [0.717, 1.165) is 6.42 Å². The van der Waals surface area contributed by atoms with Gasteiger partial charge in [0.25, 0.3) is 0 Å². The normalized spacial score (nSPS) is 38.9. The van der Waals surface area contributed by atoms with Crippen molar-refractivity contribution in [2.75, 3.05) is 52.5 Å². The molecule has 9 aliphatic heterocycles. The molecule has 9 heterocycles. The van der Waals surface area contributed by atoms with Crippen LogP contribution in [0.25, 0.3) is 0 Å². The van der Waals surface area contributed by atoms with Crippen LogP contribution in [-0.2, 0) is 81.1 Å². The van der Waals surface area contributed by atoms with Crippen molar-refractivity contribution in [1.82, 2.24) is 18.8 Å². The van der Waals surface area contributed by atoms with Crippen molar-refractivity contribution in [3.8, 4) is 6.07 Å². The smallest absolute Gasteiger partial charge is 0.338 e. The summed E-state index contributed by atoms with van der Waals surface area (Å²) in [6.45, 7) is 19.6. The molecule has 9 fully saturated rings. The second kappa shape index (κ2) is 18.9. The molecule has 0 aromatic rings. The zero-order valence-corrected chi connectivity index (χ0v) is 42.5. The lowest BCUT2D eigenvalue weighted by Crippen LogP contribution is -2.57. The highest BCUT2D eigenvalue weighted by atomic mass is 32.2. The molecule has 68 heavy (non-hydrogen) atoms. The molecule has 9 rings (SSSR count). The molecule has 9 aliphatic rings. The van der Waals surface area contributed by atoms with Crippen LogP contribution in [-0.4, -0.2) is 190 Å². The van der Waals surface area contributed by atoms with Gasteiger partial charge in [0.1, 0.15) is 54.9 Å². The molecule has 23 nitrogen and oxygen atoms in total. The number of nitrogens with two attached hydrogens (primary N) is 1. The predicted molar refractivity (Wildman–Crippen MR) is 236 cm³/mol. The lowest BCUT2D eigenvalue weighted by molar-refractivity contribution is -0.238. The summed E-state index contributed by atoms with van der Waals surface area (Å²) in [5.74, 6) is -3.55. The quantitative estimate of drug-likeness (QED) is 0.293. The molecular weight excluding hydrogens is 937 g/mol. The summed E-state index contributed by atoms with van der Waals surface area (Å²) in [4.78, 5) is 14.2. The predicted octanol–water partition coefficient (Wildman–Crippen LogP) is 1.06. The average molecular weight is 1010 g/mol. The van der Waals surface area contributed by atoms with Crippen LogP contribution in [0.1, 0.15) is 108 Å². The fourth-order valence-electron chi connectivity index (χ4n) is 10.3. The van der Waals surface area contributed by atoms with Gasteiger partial charge in [0.15, 0.2) is 35.7 Å². The topological polar surface area (TPSA) is 268 Å². The molecule has 9 saturated heterocycles. The number of nitrogens with zero attached hydrogens (tertiary/aromatic N) is 4. The van der Waals surface area contributed by atoms with Crippen molar-refractivity contribution in [2.45, 2.75) is 209 Å². The monoisotopic (exact) mass is 1010 g/mol. The first kappa shape index (κ1) is 52.5. The highest BCUT2D eigenvalue weighted by Gasteiger charge is 2.62. The third-order valence-electron chi connectivity index (χ3n) is 14.0. The number of likely N-dealkylation sites (tertiary alicyclic amines) is 1. The van der Waals surface area contributed by atoms with Crippen molar-refractivity contribution < 1.29 is 77.4 Å². The van der Waals surface area contributed by atoms with Gasteiger partial charge < -0.3 is 63.3 Å². The Hall–Kier alpha value is -1.78. The zero-order chi connectivity index (χ0) is 49.5. The minimum atomic E-state index is -4.04. The van der Waals surface area contributed by atoms with E-state index < -0.39 is 111 Å². The maximum atomic E-state index is 13.1. The number of nitrogens with one attached hydrogen (secondary N) is 1. The molecule has 25 heteroatoms. The van der Waals surface area contributed by atoms with Gasteiger partial charge in [-0.2, -0.15) is 30.7 Å². The fourth-order valence-corrected chi connectivity index (χ4v) is 12.5. The molecular formula is C43H72N6O17S2. The number of amides is 1. The van der Waals surface area contributed by atoms with E-state index in [1.54, 1.807) is 60.3 Å². The van der Waals surface area contributed by atoms with E-state index >= 15 is 0 Å². The minimum Gasteiger partial charge on any atom is -0.342 e. The van der Waals surface area contributed by atoms with Crippen LogP contribution in [0.15, 0.2) is 0 Å². The third kappa shape index (κ3) is 11.7. The van der Waals surface area contributed by atoms with Crippen molar-refractivity contribution in [2.24, 2.45) is 5.73 Å². The summed E-state index contributed by atoms with van der Waals surface area (Å²) in [7, 11) is -7.95. The number of rotatable bonds is 11. The van der Waals surface area contributed by atoms with Crippen LogP contribution < -0.4 is 11.1 Å². The first-order valence-electron chi connectivity index (χ1n) is 23.7. The maximum Gasteiger partial charge on any atom is 0.338 e. The summed E-state index contributed by atoms with van der Waals surface area (Å²) in [6.07, 6.45) is -2.17. The molecule has 11 atom stereocenters. The maximum absolute atomic E-state index is 13.1. The van der Waals surface area contributed by atoms with Gasteiger partial charge in [-0.05, 0) is 108 Å². The van der Waals surface area contributed by atoms with Crippen LogP contribution in [0.3, 0.4) is 0 Å². The Balaban J connectivity index is 0.000000192. The molecule has 0 radical (unpaired) electrons. The van der Waals surface area contributed by atoms with E-state index in [9.17, 15) is 26.9 Å². The molecule has 388 valence electrons. The first-order valence-corrected chi connectivity index (χ1v) is 26.5. The summed E-state index contributed by atoms with van der Waals surface area (Å²) in [5, 5.41) is 12.5. The number of carbonyl (C=O) groups excluding carboxylic acids is 1. The molecule has 1 amide bonds. The van der Waals surface area contributed by atoms with Gasteiger partial charge in [0.2, 0.25) is 5.91 Å². The number of ether oxygens (including phenoxy) is 10. The number of piperidine rings is 2. The molecule has 0 aliphatic carbocycles. The summed E-state index contributed by atoms with van der Waals surface area (Å²) in [5.41, 5.74) is 5.33. The fraction of sp³-hybridized carbons (Fsp3) is 0.953. The van der Waals surface area contributed by atoms with Gasteiger partial charge in [-0.15, -0.1) is 0 Å². The Kier molecular flexibility index (Phi) is 14.6. The van der Waals surface area contributed by atoms with Gasteiger partial charge >= 0.3 is 20.6 Å². The van der Waals surface area contributed by atoms with E-state index in [-0.39, 0.29) is 50.3 Å². The minimum absolute atomic E-state index is 0.104. The molecule has 0 saturated carbocycles. The van der Waals surface area contributed by atoms with Gasteiger partial charge in [0, 0.05) is 43.8 Å². The van der Waals surface area contributed by atoms with E-state index in [1.165, 1.54) is 8.61 Å². The van der Waals surface area contributed by atoms with Crippen LogP contribution >= 0.6 is 0 Å². The van der Waals surface area contributed by atoms with Crippen LogP contribution in [0.4, 0.5) is 0 Å². The van der Waals surface area contributed by atoms with Gasteiger partial charge in [0.05, 0.1) is 25.8 Å². The molecule has 0 aromatic heterocycles. The van der Waals surface area contributed by atoms with Crippen LogP contribution in [0, 0.1) is 11.3 Å². The summed E-state index contributed by atoms with van der Waals surface area (Å²) < 4.78 is 125. The van der Waals surface area contributed by atoms with E-state index in [1.807, 2.05) is 13.8 Å². The molecule has 0 bridgehead atoms. The van der Waals surface area contributed by atoms with Crippen LogP contribution in [0.5, 0.6) is 0 Å². The highest BCUT2D eigenvalue weighted by Crippen LogP contribution is 2.46. The van der Waals surface area contributed by atoms with E-state index in [4.69, 9.17) is 61.5 Å². The molecule has 0 unspecified atom stereocenters. The number of nitriles is 1. The first-order chi connectivity index (χ1) is 31.5. The van der Waals surface area contributed by atoms with Crippen molar-refractivity contribution in [3.05, 3.63) is 0 Å². The molecule has 0 spiro atoms. The Morgan fingerprint density at radius 2 is 1.01 bits per heavy atom. The lowest BCUT2D eigenvalue weighted by Gasteiger charge is -2.40. The van der Waals surface area contributed by atoms with Crippen molar-refractivity contribution >= 4 is 26.5 Å². The molecule has 0 aromatic carbocycles. The summed E-state index contributed by atoms with van der Waals surface area (Å²) in [6, 6.07) is 1.82. The number of hydrogen-bond donors (Lipinski definition) is 2. The van der Waals surface area contributed by atoms with Crippen molar-refractivity contribution in [3.63, 3.8) is 0 Å². The number of hydrogen-bond acceptors (Lipinski definition) is 20. The Morgan fingerprint density at radius 3 is 1.46 bits per heavy atom. The largest absolute Gasteiger partial charge is 0.342 e. The van der Waals surface area contributed by atoms with Gasteiger partial charge in [-0.3, -0.25) is 13.2 Å². The Labute approximate surface area is 400 Å².